The highest BCUT2D eigenvalue weighted by atomic mass is 35.5. The van der Waals surface area contributed by atoms with Crippen molar-refractivity contribution in [2.45, 2.75) is 12.6 Å². The van der Waals surface area contributed by atoms with E-state index < -0.39 is 17.6 Å². The van der Waals surface area contributed by atoms with E-state index in [0.29, 0.717) is 18.0 Å². The van der Waals surface area contributed by atoms with E-state index in [0.717, 1.165) is 17.7 Å². The van der Waals surface area contributed by atoms with Crippen molar-refractivity contribution in [2.24, 2.45) is 0 Å². The van der Waals surface area contributed by atoms with E-state index in [9.17, 15) is 18.0 Å². The third-order valence-electron chi connectivity index (χ3n) is 3.35. The number of amides is 1. The zero-order chi connectivity index (χ0) is 18.4. The van der Waals surface area contributed by atoms with Gasteiger partial charge in [-0.05, 0) is 48.9 Å². The molecule has 0 aliphatic rings. The Balaban J connectivity index is 1.85. The fourth-order valence-corrected chi connectivity index (χ4v) is 2.44. The molecule has 0 fully saturated rings. The van der Waals surface area contributed by atoms with Crippen molar-refractivity contribution in [3.8, 4) is 0 Å². The fraction of sp³-hybridized carbons (Fsp3) is 0.235. The molecule has 1 amide bonds. The first-order valence-electron chi connectivity index (χ1n) is 7.37. The highest BCUT2D eigenvalue weighted by Crippen LogP contribution is 2.36. The molecule has 2 rings (SSSR count). The lowest BCUT2D eigenvalue weighted by atomic mass is 10.1. The van der Waals surface area contributed by atoms with Gasteiger partial charge in [0.2, 0.25) is 5.91 Å². The van der Waals surface area contributed by atoms with Crippen LogP contribution in [0.2, 0.25) is 10.0 Å². The summed E-state index contributed by atoms with van der Waals surface area (Å²) < 4.78 is 38.9. The molecule has 0 aromatic heterocycles. The molecule has 134 valence electrons. The van der Waals surface area contributed by atoms with Gasteiger partial charge in [-0.25, -0.2) is 0 Å². The van der Waals surface area contributed by atoms with Crippen molar-refractivity contribution < 1.29 is 18.0 Å². The average molecular weight is 391 g/mol. The number of alkyl halides is 3. The molecule has 0 unspecified atom stereocenters. The molecule has 0 heterocycles. The molecule has 0 aliphatic heterocycles. The Morgan fingerprint density at radius 3 is 2.28 bits per heavy atom. The predicted molar refractivity (Wildman–Crippen MR) is 93.1 cm³/mol. The van der Waals surface area contributed by atoms with Gasteiger partial charge in [0.1, 0.15) is 0 Å². The Hall–Kier alpha value is -1.76. The molecule has 0 atom stereocenters. The van der Waals surface area contributed by atoms with Gasteiger partial charge < -0.3 is 10.6 Å². The molecule has 3 nitrogen and oxygen atoms in total. The largest absolute Gasteiger partial charge is 0.418 e. The van der Waals surface area contributed by atoms with Crippen LogP contribution < -0.4 is 10.6 Å². The lowest BCUT2D eigenvalue weighted by Gasteiger charge is -2.14. The molecule has 8 heteroatoms. The van der Waals surface area contributed by atoms with E-state index in [1.165, 1.54) is 6.07 Å². The summed E-state index contributed by atoms with van der Waals surface area (Å²) in [5.74, 6) is -0.566. The van der Waals surface area contributed by atoms with Crippen LogP contribution in [0.15, 0.2) is 42.5 Å². The van der Waals surface area contributed by atoms with Gasteiger partial charge in [0, 0.05) is 10.0 Å². The quantitative estimate of drug-likeness (QED) is 0.696. The maximum Gasteiger partial charge on any atom is 0.418 e. The summed E-state index contributed by atoms with van der Waals surface area (Å²) in [6.45, 7) is 0.398. The zero-order valence-corrected chi connectivity index (χ0v) is 14.5. The van der Waals surface area contributed by atoms with Gasteiger partial charge in [0.25, 0.3) is 0 Å². The van der Waals surface area contributed by atoms with E-state index in [2.05, 4.69) is 10.6 Å². The first-order valence-corrected chi connectivity index (χ1v) is 8.13. The van der Waals surface area contributed by atoms with E-state index >= 15 is 0 Å². The first-order chi connectivity index (χ1) is 11.8. The van der Waals surface area contributed by atoms with Crippen LogP contribution in [0.3, 0.4) is 0 Å². The van der Waals surface area contributed by atoms with Crippen molar-refractivity contribution in [2.75, 3.05) is 18.4 Å². The molecule has 25 heavy (non-hydrogen) atoms. The van der Waals surface area contributed by atoms with E-state index in [-0.39, 0.29) is 17.3 Å². The average Bonchev–Trinajstić information content (AvgIpc) is 2.54. The Morgan fingerprint density at radius 2 is 1.64 bits per heavy atom. The van der Waals surface area contributed by atoms with E-state index in [4.69, 9.17) is 23.2 Å². The molecule has 0 radical (unpaired) electrons. The SMILES string of the molecule is O=C(CNCCc1ccc(Cl)cc1)Nc1ccc(Cl)cc1C(F)(F)F. The number of benzene rings is 2. The number of halogens is 5. The van der Waals surface area contributed by atoms with Crippen LogP contribution in [0.5, 0.6) is 0 Å². The van der Waals surface area contributed by atoms with Crippen LogP contribution in [0.4, 0.5) is 18.9 Å². The standard InChI is InChI=1S/C17H15Cl2F3N2O/c18-12-3-1-11(2-4-12)7-8-23-10-16(25)24-15-6-5-13(19)9-14(15)17(20,21)22/h1-6,9,23H,7-8,10H2,(H,24,25). The van der Waals surface area contributed by atoms with E-state index in [1.807, 2.05) is 12.1 Å². The van der Waals surface area contributed by atoms with Crippen molar-refractivity contribution in [3.63, 3.8) is 0 Å². The normalized spacial score (nSPS) is 11.4. The topological polar surface area (TPSA) is 41.1 Å². The number of nitrogens with one attached hydrogen (secondary N) is 2. The number of hydrogen-bond acceptors (Lipinski definition) is 2. The lowest BCUT2D eigenvalue weighted by Crippen LogP contribution is -2.30. The Labute approximate surface area is 153 Å². The van der Waals surface area contributed by atoms with Gasteiger partial charge in [-0.15, -0.1) is 0 Å². The summed E-state index contributed by atoms with van der Waals surface area (Å²) in [5, 5.41) is 5.73. The maximum absolute atomic E-state index is 13.0. The second-order valence-corrected chi connectivity index (χ2v) is 6.16. The Kier molecular flexibility index (Phi) is 6.70. The highest BCUT2D eigenvalue weighted by Gasteiger charge is 2.34. The molecule has 2 aromatic rings. The number of rotatable bonds is 6. The summed E-state index contributed by atoms with van der Waals surface area (Å²) in [6, 6.07) is 10.5. The zero-order valence-electron chi connectivity index (χ0n) is 13.0. The van der Waals surface area contributed by atoms with Crippen LogP contribution >= 0.6 is 23.2 Å². The molecule has 2 N–H and O–H groups in total. The summed E-state index contributed by atoms with van der Waals surface area (Å²) in [7, 11) is 0. The van der Waals surface area contributed by atoms with Crippen molar-refractivity contribution in [3.05, 3.63) is 63.6 Å². The number of carbonyl (C=O) groups excluding carboxylic acids is 1. The Bertz CT molecular complexity index is 734. The third-order valence-corrected chi connectivity index (χ3v) is 3.84. The molecule has 0 saturated heterocycles. The van der Waals surface area contributed by atoms with E-state index in [1.54, 1.807) is 12.1 Å². The minimum atomic E-state index is -4.60. The maximum atomic E-state index is 13.0. The molecule has 0 bridgehead atoms. The van der Waals surface area contributed by atoms with Gasteiger partial charge >= 0.3 is 6.18 Å². The van der Waals surface area contributed by atoms with Crippen LogP contribution in [0, 0.1) is 0 Å². The third kappa shape index (κ3) is 6.23. The van der Waals surface area contributed by atoms with Gasteiger partial charge in [0.05, 0.1) is 17.8 Å². The molecular formula is C17H15Cl2F3N2O. The molecular weight excluding hydrogens is 376 g/mol. The minimum absolute atomic E-state index is 0.0496. The monoisotopic (exact) mass is 390 g/mol. The van der Waals surface area contributed by atoms with Crippen molar-refractivity contribution in [1.82, 2.24) is 5.32 Å². The summed E-state index contributed by atoms with van der Waals surface area (Å²) in [4.78, 5) is 11.8. The van der Waals surface area contributed by atoms with Crippen LogP contribution in [0.25, 0.3) is 0 Å². The van der Waals surface area contributed by atoms with Crippen LogP contribution in [-0.4, -0.2) is 19.0 Å². The number of hydrogen-bond donors (Lipinski definition) is 2. The summed E-state index contributed by atoms with van der Waals surface area (Å²) in [5.41, 5.74) is -0.259. The predicted octanol–water partition coefficient (Wildman–Crippen LogP) is 4.78. The Morgan fingerprint density at radius 1 is 1.00 bits per heavy atom. The fourth-order valence-electron chi connectivity index (χ4n) is 2.14. The smallest absolute Gasteiger partial charge is 0.324 e. The van der Waals surface area contributed by atoms with Gasteiger partial charge in [0.15, 0.2) is 0 Å². The molecule has 0 spiro atoms. The van der Waals surface area contributed by atoms with Crippen molar-refractivity contribution in [1.29, 1.82) is 0 Å². The molecule has 2 aromatic carbocycles. The highest BCUT2D eigenvalue weighted by molar-refractivity contribution is 6.31. The van der Waals surface area contributed by atoms with Gasteiger partial charge in [-0.3, -0.25) is 4.79 Å². The molecule has 0 saturated carbocycles. The van der Waals surface area contributed by atoms with Crippen LogP contribution in [-0.2, 0) is 17.4 Å². The van der Waals surface area contributed by atoms with Crippen molar-refractivity contribution >= 4 is 34.8 Å². The number of anilines is 1. The minimum Gasteiger partial charge on any atom is -0.324 e. The van der Waals surface area contributed by atoms with Crippen LogP contribution in [0.1, 0.15) is 11.1 Å². The second kappa shape index (κ2) is 8.56. The van der Waals surface area contributed by atoms with Gasteiger partial charge in [-0.2, -0.15) is 13.2 Å². The summed E-state index contributed by atoms with van der Waals surface area (Å²) >= 11 is 11.4. The first kappa shape index (κ1) is 19.6. The van der Waals surface area contributed by atoms with Gasteiger partial charge in [-0.1, -0.05) is 35.3 Å². The second-order valence-electron chi connectivity index (χ2n) is 5.29. The molecule has 0 aliphatic carbocycles. The summed E-state index contributed by atoms with van der Waals surface area (Å²) in [6.07, 6.45) is -3.94. The number of carbonyl (C=O) groups is 1. The lowest BCUT2D eigenvalue weighted by molar-refractivity contribution is -0.137.